The van der Waals surface area contributed by atoms with Gasteiger partial charge in [0.25, 0.3) is 0 Å². The molecule has 0 saturated carbocycles. The highest BCUT2D eigenvalue weighted by Gasteiger charge is 2.08. The minimum Gasteiger partial charge on any atom is -0.496 e. The third-order valence-corrected chi connectivity index (χ3v) is 2.33. The van der Waals surface area contributed by atoms with Crippen LogP contribution in [-0.4, -0.2) is 13.4 Å². The van der Waals surface area contributed by atoms with E-state index in [1.54, 1.807) is 13.2 Å². The van der Waals surface area contributed by atoms with Crippen molar-refractivity contribution >= 4 is 22.2 Å². The second-order valence-electron chi connectivity index (χ2n) is 2.66. The Kier molecular flexibility index (Phi) is 3.48. The van der Waals surface area contributed by atoms with Crippen molar-refractivity contribution in [1.29, 1.82) is 0 Å². The number of halogens is 1. The molecule has 70 valence electrons. The van der Waals surface area contributed by atoms with E-state index in [2.05, 4.69) is 15.9 Å². The first-order valence-electron chi connectivity index (χ1n) is 4.04. The highest BCUT2D eigenvalue weighted by Crippen LogP contribution is 2.27. The average Bonchev–Trinajstić information content (AvgIpc) is 2.16. The predicted octanol–water partition coefficient (Wildman–Crippen LogP) is 2.83. The molecule has 0 bridgehead atoms. The zero-order valence-electron chi connectivity index (χ0n) is 7.63. The first-order valence-corrected chi connectivity index (χ1v) is 4.83. The minimum atomic E-state index is 0.591. The number of aldehydes is 1. The second-order valence-corrected chi connectivity index (χ2v) is 3.57. The predicted molar refractivity (Wildman–Crippen MR) is 55.5 cm³/mol. The summed E-state index contributed by atoms with van der Waals surface area (Å²) in [5.74, 6) is 0.681. The Morgan fingerprint density at radius 2 is 2.23 bits per heavy atom. The van der Waals surface area contributed by atoms with Gasteiger partial charge in [0.1, 0.15) is 5.75 Å². The Balaban J connectivity index is 3.33. The van der Waals surface area contributed by atoms with Crippen LogP contribution < -0.4 is 4.74 Å². The average molecular weight is 243 g/mol. The van der Waals surface area contributed by atoms with Gasteiger partial charge in [-0.15, -0.1) is 0 Å². The van der Waals surface area contributed by atoms with Crippen LogP contribution in [0.15, 0.2) is 16.6 Å². The standard InChI is InChI=1S/C10H11BrO2/c1-3-7-4-9(11)5-8(6-12)10(7)13-2/h4-6H,3H2,1-2H3. The van der Waals surface area contributed by atoms with Crippen LogP contribution in [0.3, 0.4) is 0 Å². The number of carbonyl (C=O) groups is 1. The third-order valence-electron chi connectivity index (χ3n) is 1.87. The van der Waals surface area contributed by atoms with E-state index >= 15 is 0 Å². The fourth-order valence-corrected chi connectivity index (χ4v) is 1.80. The van der Waals surface area contributed by atoms with Crippen LogP contribution in [-0.2, 0) is 6.42 Å². The maximum atomic E-state index is 10.7. The topological polar surface area (TPSA) is 26.3 Å². The van der Waals surface area contributed by atoms with Crippen molar-refractivity contribution < 1.29 is 9.53 Å². The van der Waals surface area contributed by atoms with Gasteiger partial charge < -0.3 is 4.74 Å². The highest BCUT2D eigenvalue weighted by molar-refractivity contribution is 9.10. The molecule has 2 nitrogen and oxygen atoms in total. The molecule has 1 aromatic carbocycles. The molecular weight excluding hydrogens is 232 g/mol. The molecule has 0 heterocycles. The maximum Gasteiger partial charge on any atom is 0.153 e. The summed E-state index contributed by atoms with van der Waals surface area (Å²) in [6.45, 7) is 2.03. The van der Waals surface area contributed by atoms with Gasteiger partial charge in [-0.3, -0.25) is 4.79 Å². The normalized spacial score (nSPS) is 9.77. The molecule has 1 aromatic rings. The van der Waals surface area contributed by atoms with Crippen molar-refractivity contribution in [3.05, 3.63) is 27.7 Å². The van der Waals surface area contributed by atoms with E-state index in [1.165, 1.54) is 0 Å². The van der Waals surface area contributed by atoms with Crippen molar-refractivity contribution in [2.45, 2.75) is 13.3 Å². The quantitative estimate of drug-likeness (QED) is 0.763. The first kappa shape index (κ1) is 10.3. The van der Waals surface area contributed by atoms with E-state index in [1.807, 2.05) is 13.0 Å². The summed E-state index contributed by atoms with van der Waals surface area (Å²) in [4.78, 5) is 10.7. The van der Waals surface area contributed by atoms with Crippen LogP contribution >= 0.6 is 15.9 Å². The monoisotopic (exact) mass is 242 g/mol. The number of hydrogen-bond donors (Lipinski definition) is 0. The van der Waals surface area contributed by atoms with E-state index in [-0.39, 0.29) is 0 Å². The molecule has 0 atom stereocenters. The highest BCUT2D eigenvalue weighted by atomic mass is 79.9. The lowest BCUT2D eigenvalue weighted by atomic mass is 10.1. The van der Waals surface area contributed by atoms with Crippen LogP contribution in [0.1, 0.15) is 22.8 Å². The Morgan fingerprint density at radius 3 is 2.69 bits per heavy atom. The van der Waals surface area contributed by atoms with Crippen LogP contribution in [0.4, 0.5) is 0 Å². The van der Waals surface area contributed by atoms with Gasteiger partial charge in [-0.2, -0.15) is 0 Å². The zero-order valence-corrected chi connectivity index (χ0v) is 9.22. The molecule has 0 radical (unpaired) electrons. The number of benzene rings is 1. The molecule has 0 aromatic heterocycles. The molecule has 0 aliphatic heterocycles. The van der Waals surface area contributed by atoms with Crippen LogP contribution in [0, 0.1) is 0 Å². The lowest BCUT2D eigenvalue weighted by Crippen LogP contribution is -1.96. The van der Waals surface area contributed by atoms with Crippen LogP contribution in [0.25, 0.3) is 0 Å². The molecule has 3 heteroatoms. The molecule has 1 rings (SSSR count). The van der Waals surface area contributed by atoms with Crippen LogP contribution in [0.2, 0.25) is 0 Å². The van der Waals surface area contributed by atoms with E-state index in [0.29, 0.717) is 11.3 Å². The van der Waals surface area contributed by atoms with E-state index < -0.39 is 0 Å². The SMILES string of the molecule is CCc1cc(Br)cc(C=O)c1OC. The molecule has 13 heavy (non-hydrogen) atoms. The summed E-state index contributed by atoms with van der Waals surface area (Å²) < 4.78 is 6.07. The Labute approximate surface area is 86.0 Å². The fraction of sp³-hybridized carbons (Fsp3) is 0.300. The number of aryl methyl sites for hydroxylation is 1. The number of ether oxygens (including phenoxy) is 1. The minimum absolute atomic E-state index is 0.591. The van der Waals surface area contributed by atoms with Gasteiger partial charge in [-0.05, 0) is 24.1 Å². The largest absolute Gasteiger partial charge is 0.496 e. The van der Waals surface area contributed by atoms with Gasteiger partial charge in [-0.25, -0.2) is 0 Å². The van der Waals surface area contributed by atoms with Crippen LogP contribution in [0.5, 0.6) is 5.75 Å². The zero-order chi connectivity index (χ0) is 9.84. The van der Waals surface area contributed by atoms with Crippen molar-refractivity contribution in [2.75, 3.05) is 7.11 Å². The van der Waals surface area contributed by atoms with Gasteiger partial charge >= 0.3 is 0 Å². The van der Waals surface area contributed by atoms with Crippen molar-refractivity contribution in [3.63, 3.8) is 0 Å². The van der Waals surface area contributed by atoms with Gasteiger partial charge in [0, 0.05) is 4.47 Å². The third kappa shape index (κ3) is 2.10. The molecular formula is C10H11BrO2. The van der Waals surface area contributed by atoms with Gasteiger partial charge in [-0.1, -0.05) is 22.9 Å². The van der Waals surface area contributed by atoms with E-state index in [9.17, 15) is 4.79 Å². The summed E-state index contributed by atoms with van der Waals surface area (Å²) in [5, 5.41) is 0. The van der Waals surface area contributed by atoms with Gasteiger partial charge in [0.15, 0.2) is 6.29 Å². The van der Waals surface area contributed by atoms with Crippen molar-refractivity contribution in [2.24, 2.45) is 0 Å². The molecule has 0 saturated heterocycles. The molecule has 0 fully saturated rings. The summed E-state index contributed by atoms with van der Waals surface area (Å²) in [5.41, 5.74) is 1.63. The Morgan fingerprint density at radius 1 is 1.54 bits per heavy atom. The van der Waals surface area contributed by atoms with Gasteiger partial charge in [0.05, 0.1) is 12.7 Å². The Hall–Kier alpha value is -0.830. The molecule has 0 spiro atoms. The fourth-order valence-electron chi connectivity index (χ4n) is 1.27. The number of methoxy groups -OCH3 is 1. The second kappa shape index (κ2) is 4.42. The summed E-state index contributed by atoms with van der Waals surface area (Å²) in [6.07, 6.45) is 1.66. The number of carbonyl (C=O) groups excluding carboxylic acids is 1. The number of hydrogen-bond acceptors (Lipinski definition) is 2. The molecule has 0 aliphatic rings. The Bertz CT molecular complexity index is 321. The first-order chi connectivity index (χ1) is 6.22. The lowest BCUT2D eigenvalue weighted by molar-refractivity contribution is 0.112. The number of rotatable bonds is 3. The lowest BCUT2D eigenvalue weighted by Gasteiger charge is -2.09. The summed E-state index contributed by atoms with van der Waals surface area (Å²) in [6, 6.07) is 3.72. The molecule has 0 amide bonds. The summed E-state index contributed by atoms with van der Waals surface area (Å²) >= 11 is 3.34. The molecule has 0 aliphatic carbocycles. The van der Waals surface area contributed by atoms with Crippen molar-refractivity contribution in [1.82, 2.24) is 0 Å². The van der Waals surface area contributed by atoms with E-state index in [0.717, 1.165) is 22.7 Å². The van der Waals surface area contributed by atoms with Crippen molar-refractivity contribution in [3.8, 4) is 5.75 Å². The smallest absolute Gasteiger partial charge is 0.153 e. The maximum absolute atomic E-state index is 10.7. The summed E-state index contributed by atoms with van der Waals surface area (Å²) in [7, 11) is 1.58. The van der Waals surface area contributed by atoms with E-state index in [4.69, 9.17) is 4.74 Å². The molecule has 0 unspecified atom stereocenters. The van der Waals surface area contributed by atoms with Gasteiger partial charge in [0.2, 0.25) is 0 Å². The molecule has 0 N–H and O–H groups in total.